The molecule has 2 fully saturated rings. The van der Waals surface area contributed by atoms with Crippen LogP contribution in [-0.2, 0) is 4.79 Å². The second kappa shape index (κ2) is 5.61. The second-order valence-corrected chi connectivity index (χ2v) is 7.40. The number of aromatic nitrogens is 1. The fourth-order valence-corrected chi connectivity index (χ4v) is 4.13. The molecule has 0 radical (unpaired) electrons. The highest BCUT2D eigenvalue weighted by Gasteiger charge is 2.41. The number of carbonyl (C=O) groups is 1. The number of alkyl halides is 2. The molecule has 4 rings (SSSR count). The van der Waals surface area contributed by atoms with Crippen LogP contribution in [0.1, 0.15) is 12.8 Å². The number of thiazole rings is 1. The number of amides is 1. The topological polar surface area (TPSA) is 36.4 Å². The maximum Gasteiger partial charge on any atom is 0.251 e. The number of hydrogen-bond donors (Lipinski definition) is 0. The monoisotopic (exact) mass is 355 g/mol. The Morgan fingerprint density at radius 2 is 1.96 bits per heavy atom. The Morgan fingerprint density at radius 3 is 2.67 bits per heavy atom. The van der Waals surface area contributed by atoms with Gasteiger partial charge in [0.1, 0.15) is 5.82 Å². The lowest BCUT2D eigenvalue weighted by atomic mass is 9.97. The van der Waals surface area contributed by atoms with E-state index >= 15 is 0 Å². The summed E-state index contributed by atoms with van der Waals surface area (Å²) in [6.07, 6.45) is -0.503. The molecule has 0 aliphatic carbocycles. The Labute approximate surface area is 140 Å². The van der Waals surface area contributed by atoms with Crippen LogP contribution in [0.4, 0.5) is 18.3 Å². The minimum atomic E-state index is -2.64. The Morgan fingerprint density at radius 1 is 1.25 bits per heavy atom. The molecular formula is C16H16F3N3OS. The van der Waals surface area contributed by atoms with Gasteiger partial charge in [-0.1, -0.05) is 11.3 Å². The summed E-state index contributed by atoms with van der Waals surface area (Å²) in [6.45, 7) is 1.33. The van der Waals surface area contributed by atoms with Crippen molar-refractivity contribution in [1.82, 2.24) is 9.88 Å². The van der Waals surface area contributed by atoms with Crippen LogP contribution in [-0.4, -0.2) is 47.9 Å². The largest absolute Gasteiger partial charge is 0.346 e. The van der Waals surface area contributed by atoms with Crippen molar-refractivity contribution < 1.29 is 18.0 Å². The molecule has 0 saturated carbocycles. The van der Waals surface area contributed by atoms with Crippen LogP contribution >= 0.6 is 11.3 Å². The highest BCUT2D eigenvalue weighted by molar-refractivity contribution is 7.22. The molecule has 0 bridgehead atoms. The molecule has 1 aromatic heterocycles. The van der Waals surface area contributed by atoms with E-state index in [0.717, 1.165) is 15.3 Å². The third-order valence-corrected chi connectivity index (χ3v) is 5.73. The number of rotatable bonds is 2. The molecule has 0 N–H and O–H groups in total. The lowest BCUT2D eigenvalue weighted by Crippen LogP contribution is -2.56. The zero-order valence-electron chi connectivity index (χ0n) is 12.8. The summed E-state index contributed by atoms with van der Waals surface area (Å²) in [5.41, 5.74) is 0.740. The highest BCUT2D eigenvalue weighted by Crippen LogP contribution is 2.34. The van der Waals surface area contributed by atoms with E-state index in [9.17, 15) is 18.0 Å². The molecule has 8 heteroatoms. The number of halogens is 3. The van der Waals surface area contributed by atoms with Gasteiger partial charge in [-0.05, 0) is 18.2 Å². The fourth-order valence-electron chi connectivity index (χ4n) is 3.12. The summed E-state index contributed by atoms with van der Waals surface area (Å²) < 4.78 is 40.4. The smallest absolute Gasteiger partial charge is 0.251 e. The van der Waals surface area contributed by atoms with Crippen molar-refractivity contribution in [1.29, 1.82) is 0 Å². The summed E-state index contributed by atoms with van der Waals surface area (Å²) in [5, 5.41) is 0.768. The molecule has 128 valence electrons. The van der Waals surface area contributed by atoms with Gasteiger partial charge in [-0.25, -0.2) is 18.2 Å². The van der Waals surface area contributed by atoms with Crippen LogP contribution in [0, 0.1) is 11.7 Å². The molecule has 1 aromatic carbocycles. The number of anilines is 1. The van der Waals surface area contributed by atoms with Gasteiger partial charge >= 0.3 is 0 Å². The molecule has 0 unspecified atom stereocenters. The molecule has 1 amide bonds. The summed E-state index contributed by atoms with van der Waals surface area (Å²) in [5.74, 6) is -3.15. The van der Waals surface area contributed by atoms with E-state index in [1.54, 1.807) is 11.0 Å². The first-order valence-corrected chi connectivity index (χ1v) is 8.71. The average Bonchev–Trinajstić information content (AvgIpc) is 2.87. The molecule has 2 aliphatic heterocycles. The SMILES string of the molecule is O=C(C1CN(c2nc3ccc(F)cc3s2)C1)N1CCC(F)(F)CC1. The van der Waals surface area contributed by atoms with Gasteiger partial charge in [0.15, 0.2) is 5.13 Å². The summed E-state index contributed by atoms with van der Waals surface area (Å²) >= 11 is 1.40. The minimum Gasteiger partial charge on any atom is -0.346 e. The zero-order valence-corrected chi connectivity index (χ0v) is 13.7. The van der Waals surface area contributed by atoms with Crippen molar-refractivity contribution in [3.63, 3.8) is 0 Å². The van der Waals surface area contributed by atoms with E-state index in [1.807, 2.05) is 4.90 Å². The second-order valence-electron chi connectivity index (χ2n) is 6.39. The van der Waals surface area contributed by atoms with E-state index < -0.39 is 5.92 Å². The van der Waals surface area contributed by atoms with Crippen LogP contribution in [0.2, 0.25) is 0 Å². The molecule has 24 heavy (non-hydrogen) atoms. The average molecular weight is 355 g/mol. The molecular weight excluding hydrogens is 339 g/mol. The van der Waals surface area contributed by atoms with Gasteiger partial charge in [-0.3, -0.25) is 4.79 Å². The van der Waals surface area contributed by atoms with Crippen molar-refractivity contribution in [3.8, 4) is 0 Å². The number of carbonyl (C=O) groups excluding carboxylic acids is 1. The number of hydrogen-bond acceptors (Lipinski definition) is 4. The summed E-state index contributed by atoms with van der Waals surface area (Å²) in [4.78, 5) is 20.4. The number of piperidine rings is 1. The zero-order chi connectivity index (χ0) is 16.9. The van der Waals surface area contributed by atoms with E-state index in [2.05, 4.69) is 4.98 Å². The van der Waals surface area contributed by atoms with Crippen molar-refractivity contribution in [2.45, 2.75) is 18.8 Å². The van der Waals surface area contributed by atoms with Gasteiger partial charge in [-0.2, -0.15) is 0 Å². The van der Waals surface area contributed by atoms with Crippen molar-refractivity contribution >= 4 is 32.6 Å². The van der Waals surface area contributed by atoms with Gasteiger partial charge in [0.05, 0.1) is 16.1 Å². The van der Waals surface area contributed by atoms with E-state index in [0.29, 0.717) is 13.1 Å². The Hall–Kier alpha value is -1.83. The third-order valence-electron chi connectivity index (χ3n) is 4.65. The van der Waals surface area contributed by atoms with Crippen LogP contribution in [0.15, 0.2) is 18.2 Å². The number of nitrogens with zero attached hydrogens (tertiary/aromatic N) is 3. The quantitative estimate of drug-likeness (QED) is 0.830. The maximum atomic E-state index is 13.2. The molecule has 0 spiro atoms. The Balaban J connectivity index is 1.38. The summed E-state index contributed by atoms with van der Waals surface area (Å²) in [7, 11) is 0. The first-order chi connectivity index (χ1) is 11.4. The van der Waals surface area contributed by atoms with Crippen molar-refractivity contribution in [2.24, 2.45) is 5.92 Å². The van der Waals surface area contributed by atoms with Gasteiger partial charge in [0, 0.05) is 39.0 Å². The summed E-state index contributed by atoms with van der Waals surface area (Å²) in [6, 6.07) is 4.47. The van der Waals surface area contributed by atoms with Crippen LogP contribution in [0.3, 0.4) is 0 Å². The minimum absolute atomic E-state index is 0.0473. The lowest BCUT2D eigenvalue weighted by Gasteiger charge is -2.42. The third kappa shape index (κ3) is 2.83. The first kappa shape index (κ1) is 15.7. The predicted octanol–water partition coefficient (Wildman–Crippen LogP) is 3.13. The van der Waals surface area contributed by atoms with Gasteiger partial charge in [0.2, 0.25) is 5.91 Å². The molecule has 3 heterocycles. The fraction of sp³-hybridized carbons (Fsp3) is 0.500. The van der Waals surface area contributed by atoms with E-state index in [1.165, 1.54) is 23.5 Å². The van der Waals surface area contributed by atoms with Gasteiger partial charge in [-0.15, -0.1) is 0 Å². The molecule has 2 aromatic rings. The Bertz CT molecular complexity index is 778. The van der Waals surface area contributed by atoms with Crippen LogP contribution < -0.4 is 4.90 Å². The number of fused-ring (bicyclic) bond motifs is 1. The lowest BCUT2D eigenvalue weighted by molar-refractivity contribution is -0.142. The molecule has 2 aliphatic rings. The maximum absolute atomic E-state index is 13.2. The molecule has 4 nitrogen and oxygen atoms in total. The van der Waals surface area contributed by atoms with Crippen LogP contribution in [0.25, 0.3) is 10.2 Å². The normalized spacial score (nSPS) is 21.1. The van der Waals surface area contributed by atoms with Gasteiger partial charge in [0.25, 0.3) is 5.92 Å². The first-order valence-electron chi connectivity index (χ1n) is 7.89. The van der Waals surface area contributed by atoms with Gasteiger partial charge < -0.3 is 9.80 Å². The van der Waals surface area contributed by atoms with E-state index in [-0.39, 0.29) is 43.6 Å². The van der Waals surface area contributed by atoms with Crippen LogP contribution in [0.5, 0.6) is 0 Å². The highest BCUT2D eigenvalue weighted by atomic mass is 32.1. The number of likely N-dealkylation sites (tertiary alicyclic amines) is 1. The van der Waals surface area contributed by atoms with E-state index in [4.69, 9.17) is 0 Å². The molecule has 2 saturated heterocycles. The Kier molecular flexibility index (Phi) is 3.67. The number of benzene rings is 1. The standard InChI is InChI=1S/C16H16F3N3OS/c17-11-1-2-12-13(7-11)24-15(20-12)22-8-10(9-22)14(23)21-5-3-16(18,19)4-6-21/h1-2,7,10H,3-6,8-9H2. The van der Waals surface area contributed by atoms with Crippen molar-refractivity contribution in [2.75, 3.05) is 31.1 Å². The predicted molar refractivity (Wildman–Crippen MR) is 86.0 cm³/mol. The molecule has 0 atom stereocenters. The van der Waals surface area contributed by atoms with Crippen molar-refractivity contribution in [3.05, 3.63) is 24.0 Å².